The lowest BCUT2D eigenvalue weighted by Crippen LogP contribution is -2.32. The lowest BCUT2D eigenvalue weighted by molar-refractivity contribution is -0.119. The molecule has 22 heavy (non-hydrogen) atoms. The first kappa shape index (κ1) is 20.3. The zero-order valence-corrected chi connectivity index (χ0v) is 13.7. The number of unbranched alkanes of at least 4 members (excludes halogenated alkanes) is 1. The van der Waals surface area contributed by atoms with Crippen LogP contribution in [0.4, 0.5) is 0 Å². The van der Waals surface area contributed by atoms with Gasteiger partial charge in [-0.2, -0.15) is 0 Å². The quantitative estimate of drug-likeness (QED) is 0.465. The number of carbonyl (C=O) groups excluding carboxylic acids is 2. The van der Waals surface area contributed by atoms with Gasteiger partial charge in [-0.05, 0) is 12.8 Å². The van der Waals surface area contributed by atoms with Crippen molar-refractivity contribution in [1.29, 1.82) is 0 Å². The van der Waals surface area contributed by atoms with Gasteiger partial charge >= 0.3 is 0 Å². The fourth-order valence-electron chi connectivity index (χ4n) is 1.29. The van der Waals surface area contributed by atoms with E-state index in [-0.39, 0.29) is 13.1 Å². The van der Waals surface area contributed by atoms with E-state index in [2.05, 4.69) is 23.8 Å². The molecule has 10 heteroatoms. The molecule has 0 bridgehead atoms. The van der Waals surface area contributed by atoms with Crippen LogP contribution in [0, 0.1) is 0 Å². The molecule has 0 unspecified atom stereocenters. The van der Waals surface area contributed by atoms with Crippen molar-refractivity contribution in [1.82, 2.24) is 10.6 Å². The Morgan fingerprint density at radius 3 is 1.36 bits per heavy atom. The second kappa shape index (κ2) is 9.36. The van der Waals surface area contributed by atoms with Crippen LogP contribution in [0.3, 0.4) is 0 Å². The van der Waals surface area contributed by atoms with Crippen LogP contribution in [0.25, 0.3) is 0 Å². The molecule has 0 saturated heterocycles. The molecule has 0 aliphatic heterocycles. The summed E-state index contributed by atoms with van der Waals surface area (Å²) in [6, 6.07) is 0. The van der Waals surface area contributed by atoms with E-state index in [1.807, 2.05) is 0 Å². The fourth-order valence-corrected chi connectivity index (χ4v) is 2.46. The Balaban J connectivity index is 3.79. The molecule has 0 aliphatic carbocycles. The summed E-state index contributed by atoms with van der Waals surface area (Å²) in [5.74, 6) is -2.54. The molecule has 0 aromatic rings. The molecule has 0 aromatic heterocycles. The van der Waals surface area contributed by atoms with Crippen LogP contribution in [0.1, 0.15) is 12.8 Å². The normalized spacial score (nSPS) is 11.5. The Labute approximate surface area is 130 Å². The van der Waals surface area contributed by atoms with Gasteiger partial charge in [-0.3, -0.25) is 9.59 Å². The molecule has 0 aromatic carbocycles. The number of sulfone groups is 2. The number of hydrogen-bond donors (Lipinski definition) is 2. The van der Waals surface area contributed by atoms with E-state index < -0.39 is 43.0 Å². The van der Waals surface area contributed by atoms with Crippen LogP contribution >= 0.6 is 0 Å². The molecule has 0 heterocycles. The highest BCUT2D eigenvalue weighted by atomic mass is 32.2. The third-order valence-electron chi connectivity index (χ3n) is 2.42. The predicted molar refractivity (Wildman–Crippen MR) is 83.2 cm³/mol. The smallest absolute Gasteiger partial charge is 0.235 e. The third kappa shape index (κ3) is 10.1. The molecule has 0 aliphatic rings. The van der Waals surface area contributed by atoms with Gasteiger partial charge in [-0.15, -0.1) is 0 Å². The van der Waals surface area contributed by atoms with Gasteiger partial charge in [0.05, 0.1) is 0 Å². The van der Waals surface area contributed by atoms with Crippen molar-refractivity contribution in [3.63, 3.8) is 0 Å². The van der Waals surface area contributed by atoms with Crippen molar-refractivity contribution in [2.24, 2.45) is 0 Å². The molecule has 0 fully saturated rings. The van der Waals surface area contributed by atoms with Crippen molar-refractivity contribution in [3.05, 3.63) is 24.0 Å². The molecular weight excluding hydrogens is 332 g/mol. The largest absolute Gasteiger partial charge is 0.355 e. The highest BCUT2D eigenvalue weighted by Gasteiger charge is 2.13. The Morgan fingerprint density at radius 2 is 1.09 bits per heavy atom. The SMILES string of the molecule is C=CS(=O)(=O)CC(=O)NCCCCNC(=O)CS(=O)(=O)C=C. The van der Waals surface area contributed by atoms with Gasteiger partial charge in [0.15, 0.2) is 19.7 Å². The molecule has 0 rings (SSSR count). The molecule has 8 nitrogen and oxygen atoms in total. The first-order chi connectivity index (χ1) is 10.1. The number of nitrogens with one attached hydrogen (secondary N) is 2. The maximum atomic E-state index is 11.3. The minimum Gasteiger partial charge on any atom is -0.355 e. The van der Waals surface area contributed by atoms with Crippen molar-refractivity contribution in [3.8, 4) is 0 Å². The fraction of sp³-hybridized carbons (Fsp3) is 0.500. The Kier molecular flexibility index (Phi) is 8.65. The summed E-state index contributed by atoms with van der Waals surface area (Å²) in [6.45, 7) is 6.71. The lowest BCUT2D eigenvalue weighted by Gasteiger charge is -2.06. The van der Waals surface area contributed by atoms with Crippen LogP contribution in [0.5, 0.6) is 0 Å². The maximum Gasteiger partial charge on any atom is 0.235 e. The van der Waals surface area contributed by atoms with Gasteiger partial charge in [0.25, 0.3) is 0 Å². The summed E-state index contributed by atoms with van der Waals surface area (Å²) in [7, 11) is -7.13. The standard InChI is InChI=1S/C12H20N2O6S2/c1-3-21(17,18)9-11(15)13-7-5-6-8-14-12(16)10-22(19,20)4-2/h3-4H,1-2,5-10H2,(H,13,15)(H,14,16). The van der Waals surface area contributed by atoms with Gasteiger partial charge in [0, 0.05) is 23.9 Å². The molecule has 0 radical (unpaired) electrons. The third-order valence-corrected chi connectivity index (χ3v) is 4.77. The Morgan fingerprint density at radius 1 is 0.773 bits per heavy atom. The first-order valence-corrected chi connectivity index (χ1v) is 9.79. The van der Waals surface area contributed by atoms with E-state index in [0.29, 0.717) is 12.8 Å². The molecule has 0 saturated carbocycles. The Hall–Kier alpha value is -1.68. The van der Waals surface area contributed by atoms with Crippen LogP contribution in [0.15, 0.2) is 24.0 Å². The highest BCUT2D eigenvalue weighted by Crippen LogP contribution is 1.92. The zero-order valence-electron chi connectivity index (χ0n) is 12.1. The average Bonchev–Trinajstić information content (AvgIpc) is 2.41. The van der Waals surface area contributed by atoms with Gasteiger partial charge in [0.2, 0.25) is 11.8 Å². The molecular formula is C12H20N2O6S2. The highest BCUT2D eigenvalue weighted by molar-refractivity contribution is 7.95. The minimum atomic E-state index is -3.57. The molecule has 2 amide bonds. The van der Waals surface area contributed by atoms with Crippen molar-refractivity contribution < 1.29 is 26.4 Å². The van der Waals surface area contributed by atoms with Gasteiger partial charge < -0.3 is 10.6 Å². The number of hydrogen-bond acceptors (Lipinski definition) is 6. The van der Waals surface area contributed by atoms with E-state index in [0.717, 1.165) is 10.8 Å². The second-order valence-electron chi connectivity index (χ2n) is 4.35. The van der Waals surface area contributed by atoms with E-state index in [1.54, 1.807) is 0 Å². The number of rotatable bonds is 11. The van der Waals surface area contributed by atoms with Crippen molar-refractivity contribution in [2.75, 3.05) is 24.6 Å². The first-order valence-electron chi connectivity index (χ1n) is 6.35. The second-order valence-corrected chi connectivity index (χ2v) is 8.25. The summed E-state index contributed by atoms with van der Waals surface area (Å²) in [6.07, 6.45) is 1.02. The van der Waals surface area contributed by atoms with Crippen molar-refractivity contribution >= 4 is 31.5 Å². The zero-order chi connectivity index (χ0) is 17.2. The molecule has 0 atom stereocenters. The van der Waals surface area contributed by atoms with E-state index >= 15 is 0 Å². The van der Waals surface area contributed by atoms with E-state index in [1.165, 1.54) is 0 Å². The summed E-state index contributed by atoms with van der Waals surface area (Å²) >= 11 is 0. The molecule has 0 spiro atoms. The summed E-state index contributed by atoms with van der Waals surface area (Å²) in [4.78, 5) is 22.5. The van der Waals surface area contributed by atoms with E-state index in [9.17, 15) is 26.4 Å². The minimum absolute atomic E-state index is 0.256. The van der Waals surface area contributed by atoms with E-state index in [4.69, 9.17) is 0 Å². The van der Waals surface area contributed by atoms with Crippen LogP contribution in [0.2, 0.25) is 0 Å². The lowest BCUT2D eigenvalue weighted by atomic mass is 10.3. The number of carbonyl (C=O) groups is 2. The molecule has 126 valence electrons. The number of amides is 2. The Bertz CT molecular complexity index is 566. The van der Waals surface area contributed by atoms with Crippen LogP contribution < -0.4 is 10.6 Å². The topological polar surface area (TPSA) is 126 Å². The monoisotopic (exact) mass is 352 g/mol. The molecule has 2 N–H and O–H groups in total. The van der Waals surface area contributed by atoms with Crippen LogP contribution in [-0.2, 0) is 29.3 Å². The average molecular weight is 352 g/mol. The summed E-state index contributed by atoms with van der Waals surface area (Å²) in [5.41, 5.74) is 0. The summed E-state index contributed by atoms with van der Waals surface area (Å²) in [5, 5.41) is 6.28. The van der Waals surface area contributed by atoms with Crippen molar-refractivity contribution in [2.45, 2.75) is 12.8 Å². The summed E-state index contributed by atoms with van der Waals surface area (Å²) < 4.78 is 44.3. The van der Waals surface area contributed by atoms with Crippen LogP contribution in [-0.4, -0.2) is 53.2 Å². The van der Waals surface area contributed by atoms with Gasteiger partial charge in [0.1, 0.15) is 11.5 Å². The van der Waals surface area contributed by atoms with Gasteiger partial charge in [-0.1, -0.05) is 13.2 Å². The van der Waals surface area contributed by atoms with Gasteiger partial charge in [-0.25, -0.2) is 16.8 Å². The maximum absolute atomic E-state index is 11.3. The predicted octanol–water partition coefficient (Wildman–Crippen LogP) is -0.884.